The van der Waals surface area contributed by atoms with E-state index in [4.69, 9.17) is 4.74 Å². The van der Waals surface area contributed by atoms with Crippen molar-refractivity contribution in [2.75, 3.05) is 26.5 Å². The van der Waals surface area contributed by atoms with E-state index in [9.17, 15) is 24.3 Å². The van der Waals surface area contributed by atoms with Crippen molar-refractivity contribution >= 4 is 40.1 Å². The molecule has 0 saturated carbocycles. The number of aryl methyl sites for hydroxylation is 1. The number of esters is 1. The van der Waals surface area contributed by atoms with Crippen LogP contribution in [-0.4, -0.2) is 64.7 Å². The second kappa shape index (κ2) is 7.58. The Bertz CT molecular complexity index is 943. The zero-order valence-corrected chi connectivity index (χ0v) is 16.1. The summed E-state index contributed by atoms with van der Waals surface area (Å²) < 4.78 is 5.86. The van der Waals surface area contributed by atoms with Crippen LogP contribution >= 0.6 is 11.3 Å². The predicted molar refractivity (Wildman–Crippen MR) is 96.5 cm³/mol. The number of methoxy groups -OCH3 is 1. The van der Waals surface area contributed by atoms with Gasteiger partial charge in [0.25, 0.3) is 11.8 Å². The molecule has 0 aliphatic carbocycles. The lowest BCUT2D eigenvalue weighted by molar-refractivity contribution is 0.0600. The third-order valence-electron chi connectivity index (χ3n) is 3.75. The van der Waals surface area contributed by atoms with Crippen molar-refractivity contribution in [3.63, 3.8) is 0 Å². The van der Waals surface area contributed by atoms with Gasteiger partial charge in [0.2, 0.25) is 0 Å². The number of aromatic carboxylic acids is 1. The number of carboxylic acids is 1. The highest BCUT2D eigenvalue weighted by Gasteiger charge is 2.29. The van der Waals surface area contributed by atoms with Gasteiger partial charge >= 0.3 is 11.9 Å². The second-order valence-corrected chi connectivity index (χ2v) is 6.76. The summed E-state index contributed by atoms with van der Waals surface area (Å²) in [7, 11) is 5.73. The first kappa shape index (κ1) is 20.1. The highest BCUT2D eigenvalue weighted by molar-refractivity contribution is 7.18. The van der Waals surface area contributed by atoms with E-state index >= 15 is 0 Å². The Morgan fingerprint density at radius 2 is 1.93 bits per heavy atom. The molecular formula is C16H18N4O6S. The van der Waals surface area contributed by atoms with Crippen LogP contribution in [0, 0.1) is 6.92 Å². The van der Waals surface area contributed by atoms with Gasteiger partial charge < -0.3 is 20.1 Å². The molecule has 0 bridgehead atoms. The third-order valence-corrected chi connectivity index (χ3v) is 4.94. The van der Waals surface area contributed by atoms with Gasteiger partial charge in [0.1, 0.15) is 16.3 Å². The van der Waals surface area contributed by atoms with E-state index in [1.807, 2.05) is 0 Å². The summed E-state index contributed by atoms with van der Waals surface area (Å²) in [5.41, 5.74) is -0.0678. The number of nitrogens with zero attached hydrogens (tertiary/aromatic N) is 3. The smallest absolute Gasteiger partial charge is 0.341 e. The van der Waals surface area contributed by atoms with Gasteiger partial charge in [0, 0.05) is 21.1 Å². The molecule has 11 heteroatoms. The molecule has 2 aromatic rings. The topological polar surface area (TPSA) is 131 Å². The van der Waals surface area contributed by atoms with E-state index in [1.165, 1.54) is 19.1 Å². The van der Waals surface area contributed by atoms with E-state index in [-0.39, 0.29) is 32.6 Å². The summed E-state index contributed by atoms with van der Waals surface area (Å²) >= 11 is 0.911. The fourth-order valence-electron chi connectivity index (χ4n) is 2.38. The molecule has 27 heavy (non-hydrogen) atoms. The number of amides is 2. The van der Waals surface area contributed by atoms with E-state index in [0.29, 0.717) is 5.56 Å². The summed E-state index contributed by atoms with van der Waals surface area (Å²) in [4.78, 5) is 50.0. The highest BCUT2D eigenvalue weighted by Crippen LogP contribution is 2.34. The SMILES string of the molecule is COC(=O)c1c(NC(=O)c2c(C(=O)O)cnn2C)sc(C(=O)N(C)C)c1C. The number of ether oxygens (including phenoxy) is 1. The molecular weight excluding hydrogens is 376 g/mol. The lowest BCUT2D eigenvalue weighted by Crippen LogP contribution is -2.21. The van der Waals surface area contributed by atoms with Crippen LogP contribution in [0.1, 0.15) is 46.4 Å². The highest BCUT2D eigenvalue weighted by atomic mass is 32.1. The molecule has 0 radical (unpaired) electrons. The summed E-state index contributed by atoms with van der Waals surface area (Å²) in [5, 5.41) is 15.6. The normalized spacial score (nSPS) is 10.4. The molecule has 0 atom stereocenters. The number of carboxylic acid groups (broad SMARTS) is 1. The Labute approximate surface area is 158 Å². The fourth-order valence-corrected chi connectivity index (χ4v) is 3.59. The molecule has 2 rings (SSSR count). The van der Waals surface area contributed by atoms with E-state index in [1.54, 1.807) is 21.0 Å². The Kier molecular flexibility index (Phi) is 5.64. The van der Waals surface area contributed by atoms with Gasteiger partial charge in [-0.15, -0.1) is 11.3 Å². The standard InChI is InChI=1S/C16H18N4O6S/c1-7-9(16(25)26-5)13(27-11(7)14(22)19(2)3)18-12(21)10-8(15(23)24)6-17-20(10)4/h6H,1-5H3,(H,18,21)(H,23,24). The van der Waals surface area contributed by atoms with Crippen molar-refractivity contribution < 1.29 is 29.0 Å². The number of nitrogens with one attached hydrogen (secondary N) is 1. The molecule has 0 spiro atoms. The number of carbonyl (C=O) groups excluding carboxylic acids is 3. The van der Waals surface area contributed by atoms with Gasteiger partial charge in [-0.2, -0.15) is 5.10 Å². The van der Waals surface area contributed by atoms with Gasteiger partial charge in [-0.25, -0.2) is 9.59 Å². The van der Waals surface area contributed by atoms with Crippen molar-refractivity contribution in [3.05, 3.63) is 33.5 Å². The van der Waals surface area contributed by atoms with Gasteiger partial charge in [-0.05, 0) is 12.5 Å². The number of carbonyl (C=O) groups is 4. The van der Waals surface area contributed by atoms with Crippen molar-refractivity contribution in [2.24, 2.45) is 7.05 Å². The number of hydrogen-bond acceptors (Lipinski definition) is 7. The van der Waals surface area contributed by atoms with Gasteiger partial charge in [0.05, 0.1) is 23.7 Å². The molecule has 2 heterocycles. The van der Waals surface area contributed by atoms with Crippen molar-refractivity contribution in [1.82, 2.24) is 14.7 Å². The molecule has 0 aromatic carbocycles. The Morgan fingerprint density at radius 3 is 2.44 bits per heavy atom. The molecule has 2 aromatic heterocycles. The van der Waals surface area contributed by atoms with Crippen LogP contribution in [0.15, 0.2) is 6.20 Å². The molecule has 2 amide bonds. The molecule has 10 nitrogen and oxygen atoms in total. The number of rotatable bonds is 5. The minimum atomic E-state index is -1.31. The zero-order chi connectivity index (χ0) is 20.5. The Morgan fingerprint density at radius 1 is 1.30 bits per heavy atom. The predicted octanol–water partition coefficient (Wildman–Crippen LogP) is 1.23. The maximum atomic E-state index is 12.6. The van der Waals surface area contributed by atoms with E-state index in [2.05, 4.69) is 10.4 Å². The monoisotopic (exact) mass is 394 g/mol. The lowest BCUT2D eigenvalue weighted by atomic mass is 10.1. The number of aromatic nitrogens is 2. The number of hydrogen-bond donors (Lipinski definition) is 2. The average molecular weight is 394 g/mol. The first-order valence-electron chi connectivity index (χ1n) is 7.60. The van der Waals surface area contributed by atoms with Crippen LogP contribution < -0.4 is 5.32 Å². The molecule has 0 aliphatic heterocycles. The maximum Gasteiger partial charge on any atom is 0.341 e. The minimum Gasteiger partial charge on any atom is -0.478 e. The van der Waals surface area contributed by atoms with Crippen LogP contribution in [0.2, 0.25) is 0 Å². The first-order valence-corrected chi connectivity index (χ1v) is 8.41. The van der Waals surface area contributed by atoms with Crippen LogP contribution in [-0.2, 0) is 11.8 Å². The summed E-state index contributed by atoms with van der Waals surface area (Å²) in [6.45, 7) is 1.57. The van der Waals surface area contributed by atoms with E-state index < -0.39 is 17.8 Å². The summed E-state index contributed by atoms with van der Waals surface area (Å²) in [6.07, 6.45) is 1.05. The fraction of sp³-hybridized carbons (Fsp3) is 0.312. The lowest BCUT2D eigenvalue weighted by Gasteiger charge is -2.08. The number of anilines is 1. The molecule has 0 saturated heterocycles. The van der Waals surface area contributed by atoms with Crippen LogP contribution in [0.3, 0.4) is 0 Å². The molecule has 0 unspecified atom stereocenters. The maximum absolute atomic E-state index is 12.6. The summed E-state index contributed by atoms with van der Waals surface area (Å²) in [6, 6.07) is 0. The van der Waals surface area contributed by atoms with Crippen LogP contribution in [0.4, 0.5) is 5.00 Å². The molecule has 0 fully saturated rings. The Hall–Kier alpha value is -3.21. The third kappa shape index (κ3) is 3.67. The van der Waals surface area contributed by atoms with Crippen molar-refractivity contribution in [3.8, 4) is 0 Å². The summed E-state index contributed by atoms with van der Waals surface area (Å²) in [5.74, 6) is -3.15. The molecule has 2 N–H and O–H groups in total. The largest absolute Gasteiger partial charge is 0.478 e. The van der Waals surface area contributed by atoms with Crippen molar-refractivity contribution in [1.29, 1.82) is 0 Å². The molecule has 0 aliphatic rings. The van der Waals surface area contributed by atoms with Gasteiger partial charge in [0.15, 0.2) is 0 Å². The molecule has 144 valence electrons. The van der Waals surface area contributed by atoms with Crippen molar-refractivity contribution in [2.45, 2.75) is 6.92 Å². The van der Waals surface area contributed by atoms with Crippen LogP contribution in [0.25, 0.3) is 0 Å². The second-order valence-electron chi connectivity index (χ2n) is 5.74. The van der Waals surface area contributed by atoms with Gasteiger partial charge in [-0.1, -0.05) is 0 Å². The zero-order valence-electron chi connectivity index (χ0n) is 15.3. The number of thiophene rings is 1. The first-order chi connectivity index (χ1) is 12.6. The minimum absolute atomic E-state index is 0.0418. The quantitative estimate of drug-likeness (QED) is 0.729. The Balaban J connectivity index is 2.52. The van der Waals surface area contributed by atoms with Crippen LogP contribution in [0.5, 0.6) is 0 Å². The van der Waals surface area contributed by atoms with Gasteiger partial charge in [-0.3, -0.25) is 14.3 Å². The van der Waals surface area contributed by atoms with E-state index in [0.717, 1.165) is 22.2 Å². The average Bonchev–Trinajstić information content (AvgIpc) is 3.13.